The zero-order valence-electron chi connectivity index (χ0n) is 11.0. The predicted octanol–water partition coefficient (Wildman–Crippen LogP) is 3.35. The van der Waals surface area contributed by atoms with Crippen LogP contribution in [0.1, 0.15) is 24.8 Å². The van der Waals surface area contributed by atoms with Crippen molar-refractivity contribution in [3.8, 4) is 0 Å². The quantitative estimate of drug-likeness (QED) is 0.930. The molecule has 1 aliphatic carbocycles. The van der Waals surface area contributed by atoms with Crippen LogP contribution in [-0.4, -0.2) is 29.8 Å². The van der Waals surface area contributed by atoms with Gasteiger partial charge in [-0.2, -0.15) is 13.2 Å². The van der Waals surface area contributed by atoms with Gasteiger partial charge in [-0.15, -0.1) is 0 Å². The Bertz CT molecular complexity index is 481. The molecule has 1 aromatic rings. The first-order valence-corrected chi connectivity index (χ1v) is 6.79. The Morgan fingerprint density at radius 1 is 1.45 bits per heavy atom. The standard InChI is InChI=1S/C13H16ClF3N2O/c1-19(7-8-3-2-4-11(8)20)12-10(14)5-9(6-18-12)13(15,16)17/h5-6,8,11,20H,2-4,7H2,1H3/t8-,11+/m1/s1. The second-order valence-corrected chi connectivity index (χ2v) is 5.57. The highest BCUT2D eigenvalue weighted by Crippen LogP contribution is 2.34. The molecule has 1 fully saturated rings. The van der Waals surface area contributed by atoms with Gasteiger partial charge in [0.05, 0.1) is 16.7 Å². The number of aliphatic hydroxyl groups is 1. The van der Waals surface area contributed by atoms with Crippen molar-refractivity contribution in [1.29, 1.82) is 0 Å². The van der Waals surface area contributed by atoms with Crippen molar-refractivity contribution in [3.05, 3.63) is 22.8 Å². The molecule has 1 heterocycles. The average molecular weight is 309 g/mol. The number of halogens is 4. The number of anilines is 1. The normalized spacial score (nSPS) is 23.1. The number of hydrogen-bond acceptors (Lipinski definition) is 3. The summed E-state index contributed by atoms with van der Waals surface area (Å²) in [7, 11) is 1.71. The molecule has 1 aromatic heterocycles. The fraction of sp³-hybridized carbons (Fsp3) is 0.615. The molecule has 112 valence electrons. The Morgan fingerprint density at radius 2 is 2.15 bits per heavy atom. The SMILES string of the molecule is CN(C[C@H]1CCC[C@@H]1O)c1ncc(C(F)(F)F)cc1Cl. The van der Waals surface area contributed by atoms with Gasteiger partial charge in [-0.3, -0.25) is 0 Å². The maximum Gasteiger partial charge on any atom is 0.417 e. The van der Waals surface area contributed by atoms with E-state index in [-0.39, 0.29) is 17.0 Å². The first-order chi connectivity index (χ1) is 9.29. The zero-order chi connectivity index (χ0) is 14.9. The molecule has 7 heteroatoms. The molecule has 1 N–H and O–H groups in total. The van der Waals surface area contributed by atoms with Crippen molar-refractivity contribution in [1.82, 2.24) is 4.98 Å². The molecule has 1 aliphatic rings. The summed E-state index contributed by atoms with van der Waals surface area (Å²) in [6, 6.07) is 0.880. The maximum atomic E-state index is 12.5. The van der Waals surface area contributed by atoms with E-state index in [1.807, 2.05) is 0 Å². The van der Waals surface area contributed by atoms with E-state index >= 15 is 0 Å². The van der Waals surface area contributed by atoms with Crippen LogP contribution >= 0.6 is 11.6 Å². The van der Waals surface area contributed by atoms with Crippen molar-refractivity contribution in [2.75, 3.05) is 18.5 Å². The molecule has 2 rings (SSSR count). The van der Waals surface area contributed by atoms with Crippen molar-refractivity contribution >= 4 is 17.4 Å². The Hall–Kier alpha value is -1.01. The summed E-state index contributed by atoms with van der Waals surface area (Å²) in [6.45, 7) is 0.527. The number of aromatic nitrogens is 1. The van der Waals surface area contributed by atoms with Gasteiger partial charge in [0.15, 0.2) is 0 Å². The molecule has 20 heavy (non-hydrogen) atoms. The third kappa shape index (κ3) is 3.35. The number of nitrogens with zero attached hydrogens (tertiary/aromatic N) is 2. The third-order valence-electron chi connectivity index (χ3n) is 3.64. The Labute approximate surface area is 120 Å². The van der Waals surface area contributed by atoms with Crippen molar-refractivity contribution in [2.24, 2.45) is 5.92 Å². The average Bonchev–Trinajstić information content (AvgIpc) is 2.73. The lowest BCUT2D eigenvalue weighted by atomic mass is 10.1. The van der Waals surface area contributed by atoms with E-state index in [0.29, 0.717) is 12.4 Å². The smallest absolute Gasteiger partial charge is 0.393 e. The molecular weight excluding hydrogens is 293 g/mol. The highest BCUT2D eigenvalue weighted by molar-refractivity contribution is 6.33. The summed E-state index contributed by atoms with van der Waals surface area (Å²) >= 11 is 5.89. The summed E-state index contributed by atoms with van der Waals surface area (Å²) in [6.07, 6.45) is -1.38. The minimum atomic E-state index is -4.45. The summed E-state index contributed by atoms with van der Waals surface area (Å²) in [5.74, 6) is 0.416. The Morgan fingerprint density at radius 3 is 2.65 bits per heavy atom. The van der Waals surface area contributed by atoms with Crippen molar-refractivity contribution < 1.29 is 18.3 Å². The molecule has 0 amide bonds. The van der Waals surface area contributed by atoms with Crippen LogP contribution in [0.2, 0.25) is 5.02 Å². The van der Waals surface area contributed by atoms with E-state index in [2.05, 4.69) is 4.98 Å². The van der Waals surface area contributed by atoms with Crippen LogP contribution in [0.25, 0.3) is 0 Å². The minimum Gasteiger partial charge on any atom is -0.393 e. The molecule has 0 unspecified atom stereocenters. The molecule has 1 saturated carbocycles. The Balaban J connectivity index is 2.12. The maximum absolute atomic E-state index is 12.5. The number of pyridine rings is 1. The van der Waals surface area contributed by atoms with Crippen molar-refractivity contribution in [3.63, 3.8) is 0 Å². The first kappa shape index (κ1) is 15.4. The predicted molar refractivity (Wildman–Crippen MR) is 70.9 cm³/mol. The second kappa shape index (κ2) is 5.77. The van der Waals surface area contributed by atoms with Crippen molar-refractivity contribution in [2.45, 2.75) is 31.5 Å². The molecule has 0 aromatic carbocycles. The number of aliphatic hydroxyl groups excluding tert-OH is 1. The molecule has 2 atom stereocenters. The minimum absolute atomic E-state index is 0.0326. The molecule has 3 nitrogen and oxygen atoms in total. The summed E-state index contributed by atoms with van der Waals surface area (Å²) in [5.41, 5.74) is -0.861. The van der Waals surface area contributed by atoms with Gasteiger partial charge in [0.25, 0.3) is 0 Å². The van der Waals surface area contributed by atoms with Gasteiger partial charge < -0.3 is 10.0 Å². The Kier molecular flexibility index (Phi) is 4.44. The van der Waals surface area contributed by atoms with Crippen LogP contribution in [-0.2, 0) is 6.18 Å². The van der Waals surface area contributed by atoms with Crippen LogP contribution in [0, 0.1) is 5.92 Å². The van der Waals surface area contributed by atoms with E-state index in [4.69, 9.17) is 11.6 Å². The van der Waals surface area contributed by atoms with Gasteiger partial charge >= 0.3 is 6.18 Å². The van der Waals surface area contributed by atoms with Gasteiger partial charge in [-0.25, -0.2) is 4.98 Å². The third-order valence-corrected chi connectivity index (χ3v) is 3.92. The summed E-state index contributed by atoms with van der Waals surface area (Å²) in [4.78, 5) is 5.50. The van der Waals surface area contributed by atoms with Crippen LogP contribution in [0.15, 0.2) is 12.3 Å². The summed E-state index contributed by atoms with van der Waals surface area (Å²) in [5, 5.41) is 9.74. The van der Waals surface area contributed by atoms with Crippen LogP contribution < -0.4 is 4.90 Å². The first-order valence-electron chi connectivity index (χ1n) is 6.41. The van der Waals surface area contributed by atoms with E-state index in [0.717, 1.165) is 31.5 Å². The lowest BCUT2D eigenvalue weighted by Gasteiger charge is -2.25. The molecule has 0 saturated heterocycles. The fourth-order valence-electron chi connectivity index (χ4n) is 2.54. The lowest BCUT2D eigenvalue weighted by Crippen LogP contribution is -2.30. The van der Waals surface area contributed by atoms with Crippen LogP contribution in [0.5, 0.6) is 0 Å². The van der Waals surface area contributed by atoms with E-state index in [1.165, 1.54) is 0 Å². The largest absolute Gasteiger partial charge is 0.417 e. The number of hydrogen-bond donors (Lipinski definition) is 1. The summed E-state index contributed by atoms with van der Waals surface area (Å²) < 4.78 is 37.6. The highest BCUT2D eigenvalue weighted by atomic mass is 35.5. The molecule has 0 aliphatic heterocycles. The monoisotopic (exact) mass is 308 g/mol. The van der Waals surface area contributed by atoms with E-state index in [1.54, 1.807) is 11.9 Å². The lowest BCUT2D eigenvalue weighted by molar-refractivity contribution is -0.137. The van der Waals surface area contributed by atoms with E-state index < -0.39 is 11.7 Å². The van der Waals surface area contributed by atoms with E-state index in [9.17, 15) is 18.3 Å². The van der Waals surface area contributed by atoms with Gasteiger partial charge in [-0.05, 0) is 18.9 Å². The topological polar surface area (TPSA) is 36.4 Å². The van der Waals surface area contributed by atoms with Crippen LogP contribution in [0.3, 0.4) is 0 Å². The molecule has 0 spiro atoms. The van der Waals surface area contributed by atoms with Gasteiger partial charge in [0.2, 0.25) is 0 Å². The molecule has 0 bridgehead atoms. The highest BCUT2D eigenvalue weighted by Gasteiger charge is 2.32. The number of alkyl halides is 3. The fourth-order valence-corrected chi connectivity index (χ4v) is 2.85. The van der Waals surface area contributed by atoms with Gasteiger partial charge in [-0.1, -0.05) is 18.0 Å². The van der Waals surface area contributed by atoms with Gasteiger partial charge in [0.1, 0.15) is 5.82 Å². The second-order valence-electron chi connectivity index (χ2n) is 5.17. The zero-order valence-corrected chi connectivity index (χ0v) is 11.7. The van der Waals surface area contributed by atoms with Gasteiger partial charge in [0, 0.05) is 25.7 Å². The van der Waals surface area contributed by atoms with Crippen LogP contribution in [0.4, 0.5) is 19.0 Å². The molecular formula is C13H16ClF3N2O. The number of rotatable bonds is 3. The molecule has 0 radical (unpaired) electrons.